The Morgan fingerprint density at radius 2 is 1.82 bits per heavy atom. The molecule has 7 nitrogen and oxygen atoms in total. The first-order chi connectivity index (χ1) is 13.3. The summed E-state index contributed by atoms with van der Waals surface area (Å²) in [6.07, 6.45) is 0. The Balaban J connectivity index is 2.16. The molecule has 8 heteroatoms. The number of carbonyl (C=O) groups excluding carboxylic acids is 3. The van der Waals surface area contributed by atoms with E-state index in [1.807, 2.05) is 30.3 Å². The van der Waals surface area contributed by atoms with Crippen molar-refractivity contribution in [2.45, 2.75) is 6.92 Å². The summed E-state index contributed by atoms with van der Waals surface area (Å²) in [5, 5.41) is 3.26. The normalized spacial score (nSPS) is 11.6. The topological polar surface area (TPSA) is 80.1 Å². The predicted molar refractivity (Wildman–Crippen MR) is 110 cm³/mol. The number of likely N-dealkylation sites (N-methyl/N-ethyl adjacent to an activating group) is 2. The first-order valence-corrected chi connectivity index (χ1v) is 9.81. The lowest BCUT2D eigenvalue weighted by Crippen LogP contribution is -3.11. The Kier molecular flexibility index (Phi) is 7.71. The van der Waals surface area contributed by atoms with Gasteiger partial charge < -0.3 is 19.9 Å². The van der Waals surface area contributed by atoms with E-state index in [1.54, 1.807) is 34.1 Å². The molecule has 2 rings (SSSR count). The summed E-state index contributed by atoms with van der Waals surface area (Å²) in [4.78, 5) is 39.7. The van der Waals surface area contributed by atoms with E-state index in [0.29, 0.717) is 10.6 Å². The summed E-state index contributed by atoms with van der Waals surface area (Å²) < 4.78 is 5.12. The van der Waals surface area contributed by atoms with Gasteiger partial charge in [-0.1, -0.05) is 30.3 Å². The van der Waals surface area contributed by atoms with Crippen molar-refractivity contribution in [1.82, 2.24) is 4.90 Å². The molecule has 2 aromatic rings. The van der Waals surface area contributed by atoms with Gasteiger partial charge in [-0.2, -0.15) is 0 Å². The third-order valence-electron chi connectivity index (χ3n) is 3.95. The Morgan fingerprint density at radius 1 is 1.14 bits per heavy atom. The van der Waals surface area contributed by atoms with E-state index < -0.39 is 5.97 Å². The van der Waals surface area contributed by atoms with Crippen LogP contribution < -0.4 is 10.2 Å². The largest absolute Gasteiger partial charge is 0.462 e. The van der Waals surface area contributed by atoms with Gasteiger partial charge in [0.05, 0.1) is 19.2 Å². The van der Waals surface area contributed by atoms with Gasteiger partial charge in [0.15, 0.2) is 13.1 Å². The van der Waals surface area contributed by atoms with Crippen LogP contribution in [0.5, 0.6) is 0 Å². The van der Waals surface area contributed by atoms with Crippen LogP contribution in [0, 0.1) is 0 Å². The van der Waals surface area contributed by atoms with Crippen molar-refractivity contribution < 1.29 is 24.0 Å². The maximum absolute atomic E-state index is 12.5. The number of anilines is 1. The number of quaternary nitrogens is 1. The van der Waals surface area contributed by atoms with Gasteiger partial charge in [-0.15, -0.1) is 11.3 Å². The molecule has 1 heterocycles. The van der Waals surface area contributed by atoms with E-state index >= 15 is 0 Å². The molecule has 0 fully saturated rings. The van der Waals surface area contributed by atoms with Crippen molar-refractivity contribution >= 4 is 34.1 Å². The van der Waals surface area contributed by atoms with Gasteiger partial charge in [0, 0.05) is 19.0 Å². The number of hydrogen-bond donors (Lipinski definition) is 2. The highest BCUT2D eigenvalue weighted by molar-refractivity contribution is 7.20. The van der Waals surface area contributed by atoms with Crippen LogP contribution in [0.2, 0.25) is 0 Å². The van der Waals surface area contributed by atoms with Crippen LogP contribution in [0.3, 0.4) is 0 Å². The summed E-state index contributed by atoms with van der Waals surface area (Å²) in [5.41, 5.74) is 1.29. The van der Waals surface area contributed by atoms with Crippen molar-refractivity contribution in [3.8, 4) is 10.4 Å². The Hall–Kier alpha value is -2.71. The van der Waals surface area contributed by atoms with Crippen molar-refractivity contribution in [3.05, 3.63) is 42.0 Å². The standard InChI is InChI=1S/C20H25N3O4S/c1-5-27-20(26)15-11-16(14-9-7-6-8-10-14)28-19(15)21-17(24)12-23(4)13-18(25)22(2)3/h6-11H,5,12-13H2,1-4H3,(H,21,24)/p+1. The quantitative estimate of drug-likeness (QED) is 0.647. The molecule has 1 unspecified atom stereocenters. The predicted octanol–water partition coefficient (Wildman–Crippen LogP) is 1.13. The van der Waals surface area contributed by atoms with Crippen LogP contribution in [0.25, 0.3) is 10.4 Å². The van der Waals surface area contributed by atoms with Crippen LogP contribution in [0.15, 0.2) is 36.4 Å². The van der Waals surface area contributed by atoms with Gasteiger partial charge in [-0.05, 0) is 18.6 Å². The van der Waals surface area contributed by atoms with Gasteiger partial charge in [-0.25, -0.2) is 4.79 Å². The summed E-state index contributed by atoms with van der Waals surface area (Å²) in [6.45, 7) is 2.31. The molecule has 2 amide bonds. The molecule has 150 valence electrons. The zero-order valence-electron chi connectivity index (χ0n) is 16.6. The zero-order valence-corrected chi connectivity index (χ0v) is 17.4. The molecule has 1 aromatic heterocycles. The maximum atomic E-state index is 12.5. The number of thiophene rings is 1. The molecule has 1 aromatic carbocycles. The van der Waals surface area contributed by atoms with E-state index in [-0.39, 0.29) is 31.5 Å². The second-order valence-electron chi connectivity index (χ2n) is 6.59. The van der Waals surface area contributed by atoms with Crippen molar-refractivity contribution in [1.29, 1.82) is 0 Å². The number of benzene rings is 1. The third-order valence-corrected chi connectivity index (χ3v) is 5.05. The third kappa shape index (κ3) is 5.90. The highest BCUT2D eigenvalue weighted by atomic mass is 32.1. The van der Waals surface area contributed by atoms with Gasteiger partial charge in [0.2, 0.25) is 0 Å². The molecular weight excluding hydrogens is 378 g/mol. The molecule has 1 atom stereocenters. The molecule has 0 saturated carbocycles. The number of carbonyl (C=O) groups is 3. The summed E-state index contributed by atoms with van der Waals surface area (Å²) in [6, 6.07) is 11.4. The van der Waals surface area contributed by atoms with Gasteiger partial charge in [0.1, 0.15) is 5.00 Å². The molecule has 0 spiro atoms. The fourth-order valence-electron chi connectivity index (χ4n) is 2.51. The Morgan fingerprint density at radius 3 is 2.43 bits per heavy atom. The molecule has 0 radical (unpaired) electrons. The number of ether oxygens (including phenoxy) is 1. The lowest BCUT2D eigenvalue weighted by atomic mass is 10.1. The molecule has 0 aliphatic heterocycles. The van der Waals surface area contributed by atoms with Crippen LogP contribution >= 0.6 is 11.3 Å². The molecule has 0 aliphatic rings. The number of amides is 2. The summed E-state index contributed by atoms with van der Waals surface area (Å²) in [7, 11) is 5.13. The molecule has 0 aliphatic carbocycles. The van der Waals surface area contributed by atoms with Crippen LogP contribution in [-0.4, -0.2) is 63.5 Å². The smallest absolute Gasteiger partial charge is 0.341 e. The molecule has 28 heavy (non-hydrogen) atoms. The number of hydrogen-bond acceptors (Lipinski definition) is 5. The minimum absolute atomic E-state index is 0.0556. The Labute approximate surface area is 168 Å². The average molecular weight is 405 g/mol. The van der Waals surface area contributed by atoms with Crippen LogP contribution in [-0.2, 0) is 14.3 Å². The first-order valence-electron chi connectivity index (χ1n) is 8.99. The molecular formula is C20H26N3O4S+. The van der Waals surface area contributed by atoms with Crippen molar-refractivity contribution in [2.75, 3.05) is 46.2 Å². The molecule has 0 bridgehead atoms. The zero-order chi connectivity index (χ0) is 20.7. The lowest BCUT2D eigenvalue weighted by Gasteiger charge is -2.16. The van der Waals surface area contributed by atoms with E-state index in [2.05, 4.69) is 5.32 Å². The number of nitrogens with zero attached hydrogens (tertiary/aromatic N) is 1. The van der Waals surface area contributed by atoms with Crippen LogP contribution in [0.4, 0.5) is 5.00 Å². The van der Waals surface area contributed by atoms with E-state index in [0.717, 1.165) is 15.3 Å². The summed E-state index contributed by atoms with van der Waals surface area (Å²) >= 11 is 1.32. The highest BCUT2D eigenvalue weighted by Crippen LogP contribution is 2.35. The molecule has 0 saturated heterocycles. The Bertz CT molecular complexity index is 833. The van der Waals surface area contributed by atoms with Crippen LogP contribution in [0.1, 0.15) is 17.3 Å². The maximum Gasteiger partial charge on any atom is 0.341 e. The first kappa shape index (κ1) is 21.6. The van der Waals surface area contributed by atoms with Gasteiger partial charge >= 0.3 is 5.97 Å². The SMILES string of the molecule is CCOC(=O)c1cc(-c2ccccc2)sc1NC(=O)C[NH+](C)CC(=O)N(C)C. The number of nitrogens with one attached hydrogen (secondary N) is 2. The number of rotatable bonds is 8. The minimum Gasteiger partial charge on any atom is -0.462 e. The summed E-state index contributed by atoms with van der Waals surface area (Å²) in [5.74, 6) is -0.796. The van der Waals surface area contributed by atoms with Crippen molar-refractivity contribution in [2.24, 2.45) is 0 Å². The van der Waals surface area contributed by atoms with E-state index in [4.69, 9.17) is 4.74 Å². The monoisotopic (exact) mass is 404 g/mol. The van der Waals surface area contributed by atoms with Gasteiger partial charge in [0.25, 0.3) is 11.8 Å². The fraction of sp³-hybridized carbons (Fsp3) is 0.350. The average Bonchev–Trinajstić information content (AvgIpc) is 3.06. The fourth-order valence-corrected chi connectivity index (χ4v) is 3.58. The number of esters is 1. The second-order valence-corrected chi connectivity index (χ2v) is 7.64. The highest BCUT2D eigenvalue weighted by Gasteiger charge is 2.22. The van der Waals surface area contributed by atoms with E-state index in [9.17, 15) is 14.4 Å². The van der Waals surface area contributed by atoms with Crippen molar-refractivity contribution in [3.63, 3.8) is 0 Å². The van der Waals surface area contributed by atoms with E-state index in [1.165, 1.54) is 16.2 Å². The minimum atomic E-state index is -0.472. The second kappa shape index (κ2) is 10.0. The van der Waals surface area contributed by atoms with Gasteiger partial charge in [-0.3, -0.25) is 9.59 Å². The molecule has 2 N–H and O–H groups in total. The lowest BCUT2D eigenvalue weighted by molar-refractivity contribution is -0.862.